The monoisotopic (exact) mass is 171 g/mol. The van der Waals surface area contributed by atoms with Crippen LogP contribution in [0.25, 0.3) is 11.1 Å². The first-order chi connectivity index (χ1) is 6.29. The highest BCUT2D eigenvalue weighted by Crippen LogP contribution is 2.29. The highest BCUT2D eigenvalue weighted by Gasteiger charge is 2.09. The topological polar surface area (TPSA) is 26.0 Å². The van der Waals surface area contributed by atoms with Crippen molar-refractivity contribution in [2.24, 2.45) is 5.73 Å². The molecule has 2 aliphatic carbocycles. The Balaban J connectivity index is 2.62. The molecule has 1 atom stereocenters. The molecule has 1 nitrogen and oxygen atoms in total. The third kappa shape index (κ3) is 1.43. The molecule has 2 rings (SSSR count). The summed E-state index contributed by atoms with van der Waals surface area (Å²) in [6.07, 6.45) is 0. The first-order valence-electron chi connectivity index (χ1n) is 4.52. The zero-order valence-electron chi connectivity index (χ0n) is 7.70. The summed E-state index contributed by atoms with van der Waals surface area (Å²) in [5, 5.41) is 0. The van der Waals surface area contributed by atoms with E-state index in [1.807, 2.05) is 25.1 Å². The Labute approximate surface area is 78.5 Å². The molecule has 0 radical (unpaired) electrons. The quantitative estimate of drug-likeness (QED) is 0.701. The van der Waals surface area contributed by atoms with Crippen LogP contribution < -0.4 is 5.73 Å². The van der Waals surface area contributed by atoms with Crippen molar-refractivity contribution in [3.8, 4) is 11.1 Å². The molecule has 0 bridgehead atoms. The van der Waals surface area contributed by atoms with Gasteiger partial charge in [0.25, 0.3) is 0 Å². The number of hydrogen-bond donors (Lipinski definition) is 1. The fraction of sp³-hybridized carbons (Fsp3) is 0.167. The zero-order valence-corrected chi connectivity index (χ0v) is 7.70. The van der Waals surface area contributed by atoms with Crippen molar-refractivity contribution in [1.82, 2.24) is 0 Å². The van der Waals surface area contributed by atoms with Crippen molar-refractivity contribution in [2.75, 3.05) is 0 Å². The first kappa shape index (κ1) is 8.27. The van der Waals surface area contributed by atoms with Crippen LogP contribution in [0, 0.1) is 0 Å². The van der Waals surface area contributed by atoms with E-state index in [9.17, 15) is 0 Å². The van der Waals surface area contributed by atoms with Crippen LogP contribution in [0.4, 0.5) is 0 Å². The third-order valence-corrected chi connectivity index (χ3v) is 2.32. The van der Waals surface area contributed by atoms with Crippen LogP contribution in [0.15, 0.2) is 42.5 Å². The van der Waals surface area contributed by atoms with E-state index in [1.165, 1.54) is 16.7 Å². The molecular formula is C12H13N. The van der Waals surface area contributed by atoms with Crippen molar-refractivity contribution < 1.29 is 0 Å². The fourth-order valence-corrected chi connectivity index (χ4v) is 1.64. The molecule has 0 fully saturated rings. The molecular weight excluding hydrogens is 158 g/mol. The van der Waals surface area contributed by atoms with Crippen LogP contribution in [-0.4, -0.2) is 0 Å². The largest absolute Gasteiger partial charge is 0.324 e. The number of fused-ring (bicyclic) bond motifs is 1. The summed E-state index contributed by atoms with van der Waals surface area (Å²) in [7, 11) is 0. The summed E-state index contributed by atoms with van der Waals surface area (Å²) < 4.78 is 0. The lowest BCUT2D eigenvalue weighted by atomic mass is 10.1. The molecule has 0 spiro atoms. The van der Waals surface area contributed by atoms with E-state index in [-0.39, 0.29) is 6.04 Å². The van der Waals surface area contributed by atoms with Gasteiger partial charge in [0.15, 0.2) is 0 Å². The normalized spacial score (nSPS) is 13.1. The second-order valence-corrected chi connectivity index (χ2v) is 3.36. The SMILES string of the molecule is C[C@@H](N)c1ccc2cccccc1-2. The predicted molar refractivity (Wildman–Crippen MR) is 55.7 cm³/mol. The van der Waals surface area contributed by atoms with Crippen LogP contribution in [0.1, 0.15) is 18.5 Å². The number of rotatable bonds is 1. The van der Waals surface area contributed by atoms with Crippen molar-refractivity contribution in [1.29, 1.82) is 0 Å². The van der Waals surface area contributed by atoms with Crippen molar-refractivity contribution >= 4 is 0 Å². The van der Waals surface area contributed by atoms with Crippen LogP contribution in [0.2, 0.25) is 0 Å². The Hall–Kier alpha value is -1.34. The summed E-state index contributed by atoms with van der Waals surface area (Å²) in [4.78, 5) is 0. The molecule has 0 aromatic heterocycles. The zero-order chi connectivity index (χ0) is 9.26. The molecule has 66 valence electrons. The lowest BCUT2D eigenvalue weighted by molar-refractivity contribution is 0.824. The third-order valence-electron chi connectivity index (χ3n) is 2.32. The second kappa shape index (κ2) is 3.19. The van der Waals surface area contributed by atoms with Gasteiger partial charge in [-0.05, 0) is 23.6 Å². The van der Waals surface area contributed by atoms with E-state index in [1.54, 1.807) is 0 Å². The smallest absolute Gasteiger partial charge is 0.0272 e. The van der Waals surface area contributed by atoms with Gasteiger partial charge in [0.05, 0.1) is 0 Å². The molecule has 0 heterocycles. The Morgan fingerprint density at radius 3 is 2.54 bits per heavy atom. The van der Waals surface area contributed by atoms with Crippen LogP contribution in [-0.2, 0) is 0 Å². The van der Waals surface area contributed by atoms with Gasteiger partial charge < -0.3 is 5.73 Å². The Morgan fingerprint density at radius 1 is 1.00 bits per heavy atom. The minimum atomic E-state index is 0.111. The Morgan fingerprint density at radius 2 is 1.77 bits per heavy atom. The number of hydrogen-bond acceptors (Lipinski definition) is 1. The maximum atomic E-state index is 5.87. The standard InChI is InChI=1S/C12H13N/c1-9(13)11-8-7-10-5-3-2-4-6-12(10)11/h2-9H,13H2,1H3/t9-/m1/s1. The molecule has 0 aromatic rings. The molecule has 2 N–H and O–H groups in total. The predicted octanol–water partition coefficient (Wildman–Crippen LogP) is 2.81. The van der Waals surface area contributed by atoms with E-state index in [2.05, 4.69) is 24.3 Å². The van der Waals surface area contributed by atoms with E-state index < -0.39 is 0 Å². The van der Waals surface area contributed by atoms with Crippen LogP contribution >= 0.6 is 0 Å². The summed E-state index contributed by atoms with van der Waals surface area (Å²) >= 11 is 0. The highest BCUT2D eigenvalue weighted by molar-refractivity contribution is 5.70. The Kier molecular flexibility index (Phi) is 2.03. The molecule has 0 unspecified atom stereocenters. The summed E-state index contributed by atoms with van der Waals surface area (Å²) in [5.74, 6) is 0. The van der Waals surface area contributed by atoms with Gasteiger partial charge in [-0.25, -0.2) is 0 Å². The van der Waals surface area contributed by atoms with Gasteiger partial charge in [0.1, 0.15) is 0 Å². The van der Waals surface area contributed by atoms with E-state index >= 15 is 0 Å². The van der Waals surface area contributed by atoms with Gasteiger partial charge >= 0.3 is 0 Å². The fourth-order valence-electron chi connectivity index (χ4n) is 1.64. The minimum Gasteiger partial charge on any atom is -0.324 e. The lowest BCUT2D eigenvalue weighted by Gasteiger charge is -2.04. The van der Waals surface area contributed by atoms with Gasteiger partial charge in [0, 0.05) is 6.04 Å². The van der Waals surface area contributed by atoms with E-state index in [4.69, 9.17) is 5.73 Å². The molecule has 0 saturated carbocycles. The summed E-state index contributed by atoms with van der Waals surface area (Å²) in [6.45, 7) is 2.02. The maximum absolute atomic E-state index is 5.87. The molecule has 0 amide bonds. The van der Waals surface area contributed by atoms with Crippen LogP contribution in [0.5, 0.6) is 0 Å². The lowest BCUT2D eigenvalue weighted by Crippen LogP contribution is -2.03. The summed E-state index contributed by atoms with van der Waals surface area (Å²) in [6, 6.07) is 14.7. The van der Waals surface area contributed by atoms with E-state index in [0.717, 1.165) is 0 Å². The molecule has 2 aliphatic rings. The average molecular weight is 171 g/mol. The van der Waals surface area contributed by atoms with Gasteiger partial charge in [-0.2, -0.15) is 0 Å². The maximum Gasteiger partial charge on any atom is 0.0272 e. The van der Waals surface area contributed by atoms with Gasteiger partial charge in [-0.1, -0.05) is 42.5 Å². The van der Waals surface area contributed by atoms with Crippen molar-refractivity contribution in [3.63, 3.8) is 0 Å². The van der Waals surface area contributed by atoms with Gasteiger partial charge in [-0.3, -0.25) is 0 Å². The van der Waals surface area contributed by atoms with E-state index in [0.29, 0.717) is 0 Å². The van der Waals surface area contributed by atoms with Crippen molar-refractivity contribution in [2.45, 2.75) is 13.0 Å². The first-order valence-corrected chi connectivity index (χ1v) is 4.52. The van der Waals surface area contributed by atoms with Crippen LogP contribution in [0.3, 0.4) is 0 Å². The molecule has 13 heavy (non-hydrogen) atoms. The average Bonchev–Trinajstić information content (AvgIpc) is 2.36. The molecule has 0 aliphatic heterocycles. The summed E-state index contributed by atoms with van der Waals surface area (Å²) in [5.41, 5.74) is 9.62. The molecule has 0 aromatic carbocycles. The minimum absolute atomic E-state index is 0.111. The van der Waals surface area contributed by atoms with Gasteiger partial charge in [-0.15, -0.1) is 0 Å². The second-order valence-electron chi connectivity index (χ2n) is 3.36. The van der Waals surface area contributed by atoms with Gasteiger partial charge in [0.2, 0.25) is 0 Å². The molecule has 1 heteroatoms. The van der Waals surface area contributed by atoms with Crippen molar-refractivity contribution in [3.05, 3.63) is 48.0 Å². The Bertz CT molecular complexity index is 379. The highest BCUT2D eigenvalue weighted by atomic mass is 14.6. The number of nitrogens with two attached hydrogens (primary N) is 1. The molecule has 0 saturated heterocycles.